The number of halogens is 1. The molecule has 1 aromatic carbocycles. The predicted molar refractivity (Wildman–Crippen MR) is 128 cm³/mol. The van der Waals surface area contributed by atoms with E-state index < -0.39 is 17.5 Å². The van der Waals surface area contributed by atoms with Crippen molar-refractivity contribution in [2.75, 3.05) is 25.2 Å². The molecular weight excluding hydrogens is 420 g/mol. The molecule has 2 radical (unpaired) electrons. The lowest BCUT2D eigenvalue weighted by Crippen LogP contribution is -2.54. The summed E-state index contributed by atoms with van der Waals surface area (Å²) >= 11 is 0. The number of alkyl halides is 1. The van der Waals surface area contributed by atoms with Crippen LogP contribution in [0.4, 0.5) is 10.1 Å². The van der Waals surface area contributed by atoms with Crippen molar-refractivity contribution >= 4 is 25.5 Å². The molecule has 1 amide bonds. The van der Waals surface area contributed by atoms with Crippen molar-refractivity contribution in [1.29, 1.82) is 0 Å². The van der Waals surface area contributed by atoms with Crippen LogP contribution in [0.25, 0.3) is 0 Å². The normalized spacial score (nSPS) is 30.3. The fourth-order valence-electron chi connectivity index (χ4n) is 5.49. The van der Waals surface area contributed by atoms with Crippen LogP contribution in [0.5, 0.6) is 0 Å². The van der Waals surface area contributed by atoms with Crippen molar-refractivity contribution in [3.8, 4) is 0 Å². The molecule has 4 rings (SSSR count). The van der Waals surface area contributed by atoms with Crippen molar-refractivity contribution in [3.63, 3.8) is 0 Å². The number of carbonyl (C=O) groups is 1. The quantitative estimate of drug-likeness (QED) is 0.660. The molecule has 1 aromatic rings. The highest BCUT2D eigenvalue weighted by Crippen LogP contribution is 2.44. The number of aliphatic imine (C=N–C) groups is 1. The van der Waals surface area contributed by atoms with Crippen LogP contribution in [0, 0.1) is 5.92 Å². The van der Waals surface area contributed by atoms with Gasteiger partial charge in [-0.2, -0.15) is 0 Å². The Kier molecular flexibility index (Phi) is 7.62. The molecule has 2 heterocycles. The number of nitrogens with two attached hydrogens (primary N) is 1. The fraction of sp³-hybridized carbons (Fsp3) is 0.680. The van der Waals surface area contributed by atoms with Crippen LogP contribution in [0.1, 0.15) is 69.8 Å². The molecule has 33 heavy (non-hydrogen) atoms. The predicted octanol–water partition coefficient (Wildman–Crippen LogP) is 4.39. The number of hydrogen-bond acceptors (Lipinski definition) is 5. The molecule has 0 spiro atoms. The van der Waals surface area contributed by atoms with Crippen molar-refractivity contribution in [2.24, 2.45) is 16.6 Å². The summed E-state index contributed by atoms with van der Waals surface area (Å²) in [5.41, 5.74) is 5.97. The molecule has 0 aromatic heterocycles. The molecule has 0 unspecified atom stereocenters. The number of nitrogens with one attached hydrogen (secondary N) is 1. The maximum atomic E-state index is 14.7. The minimum Gasteiger partial charge on any atom is -0.462 e. The molecule has 6 nitrogen and oxygen atoms in total. The SMILES string of the molecule is [B]C1(C(=O)Nc2cccc([C@@]3(CF)N=C(N)O[C@@H]4CCOC[C@@H]43)c2)CCCCCCCCC1. The van der Waals surface area contributed by atoms with Gasteiger partial charge in [0.1, 0.15) is 18.3 Å². The molecule has 3 N–H and O–H groups in total. The molecular formula is C25H35BFN3O3. The van der Waals surface area contributed by atoms with E-state index >= 15 is 0 Å². The number of ether oxygens (including phenoxy) is 2. The van der Waals surface area contributed by atoms with Crippen LogP contribution in [0.3, 0.4) is 0 Å². The van der Waals surface area contributed by atoms with Gasteiger partial charge in [0.05, 0.1) is 27.0 Å². The number of amidine groups is 1. The summed E-state index contributed by atoms with van der Waals surface area (Å²) in [6.45, 7) is 0.152. The maximum Gasteiger partial charge on any atom is 0.283 e. The molecule has 0 bridgehead atoms. The number of rotatable bonds is 4. The summed E-state index contributed by atoms with van der Waals surface area (Å²) in [6, 6.07) is 7.21. The Morgan fingerprint density at radius 3 is 2.58 bits per heavy atom. The largest absolute Gasteiger partial charge is 0.462 e. The van der Waals surface area contributed by atoms with Gasteiger partial charge in [-0.15, -0.1) is 0 Å². The first-order chi connectivity index (χ1) is 16.0. The van der Waals surface area contributed by atoms with Crippen LogP contribution >= 0.6 is 0 Å². The number of anilines is 1. The lowest BCUT2D eigenvalue weighted by molar-refractivity contribution is -0.119. The van der Waals surface area contributed by atoms with Crippen LogP contribution < -0.4 is 11.1 Å². The second kappa shape index (κ2) is 10.5. The van der Waals surface area contributed by atoms with Crippen LogP contribution in [-0.2, 0) is 19.8 Å². The minimum atomic E-state index is -1.20. The zero-order valence-electron chi connectivity index (χ0n) is 19.4. The maximum absolute atomic E-state index is 14.7. The Morgan fingerprint density at radius 2 is 1.88 bits per heavy atom. The number of nitrogens with zero attached hydrogens (tertiary/aromatic N) is 1. The van der Waals surface area contributed by atoms with E-state index in [0.717, 1.165) is 25.7 Å². The van der Waals surface area contributed by atoms with Gasteiger partial charge < -0.3 is 20.5 Å². The van der Waals surface area contributed by atoms with E-state index in [-0.39, 0.29) is 24.0 Å². The lowest BCUT2D eigenvalue weighted by Gasteiger charge is -2.45. The van der Waals surface area contributed by atoms with Gasteiger partial charge in [0.2, 0.25) is 5.91 Å². The Labute approximate surface area is 197 Å². The van der Waals surface area contributed by atoms with E-state index in [1.54, 1.807) is 18.2 Å². The number of amides is 1. The first kappa shape index (κ1) is 24.1. The van der Waals surface area contributed by atoms with Crippen molar-refractivity contribution < 1.29 is 18.7 Å². The Balaban J connectivity index is 1.56. The zero-order valence-corrected chi connectivity index (χ0v) is 19.4. The van der Waals surface area contributed by atoms with Crippen molar-refractivity contribution in [1.82, 2.24) is 0 Å². The van der Waals surface area contributed by atoms with Gasteiger partial charge in [0, 0.05) is 17.4 Å². The van der Waals surface area contributed by atoms with E-state index in [1.165, 1.54) is 19.3 Å². The smallest absolute Gasteiger partial charge is 0.283 e. The van der Waals surface area contributed by atoms with E-state index in [4.69, 9.17) is 23.1 Å². The summed E-state index contributed by atoms with van der Waals surface area (Å²) in [7, 11) is 6.64. The molecule has 3 aliphatic rings. The van der Waals surface area contributed by atoms with E-state index in [1.807, 2.05) is 6.07 Å². The summed E-state index contributed by atoms with van der Waals surface area (Å²) in [5.74, 6) is -0.475. The number of carbonyl (C=O) groups excluding carboxylic acids is 1. The Morgan fingerprint density at radius 1 is 1.18 bits per heavy atom. The Bertz CT molecular complexity index is 857. The van der Waals surface area contributed by atoms with Crippen LogP contribution in [0.15, 0.2) is 29.3 Å². The summed E-state index contributed by atoms with van der Waals surface area (Å²) in [5, 5.41) is 2.12. The number of fused-ring (bicyclic) bond motifs is 1. The van der Waals surface area contributed by atoms with Gasteiger partial charge in [-0.1, -0.05) is 57.1 Å². The summed E-state index contributed by atoms with van der Waals surface area (Å²) in [6.07, 6.45) is 9.50. The monoisotopic (exact) mass is 455 g/mol. The molecule has 3 atom stereocenters. The second-order valence-corrected chi connectivity index (χ2v) is 9.80. The van der Waals surface area contributed by atoms with Gasteiger partial charge in [0.25, 0.3) is 6.02 Å². The molecule has 2 fully saturated rings. The number of benzene rings is 1. The fourth-order valence-corrected chi connectivity index (χ4v) is 5.49. The third-order valence-corrected chi connectivity index (χ3v) is 7.51. The molecule has 1 saturated carbocycles. The van der Waals surface area contributed by atoms with Gasteiger partial charge in [-0.05, 0) is 30.5 Å². The average molecular weight is 455 g/mol. The van der Waals surface area contributed by atoms with Crippen molar-refractivity contribution in [3.05, 3.63) is 29.8 Å². The van der Waals surface area contributed by atoms with E-state index in [9.17, 15) is 9.18 Å². The van der Waals surface area contributed by atoms with Gasteiger partial charge in [-0.25, -0.2) is 9.38 Å². The molecule has 8 heteroatoms. The van der Waals surface area contributed by atoms with E-state index in [0.29, 0.717) is 43.7 Å². The standard InChI is InChI=1S/C25H35BFN3O3/c26-24(12-6-4-2-1-3-5-7-13-24)22(31)29-19-10-8-9-18(15-19)25(17-27)20-16-32-14-11-21(20)33-23(28)30-25/h8-10,15,20-21H,1-7,11-14,16-17H2,(H2,28,30)(H,29,31)/t20-,21+,25+/m0/s1. The first-order valence-corrected chi connectivity index (χ1v) is 12.3. The highest BCUT2D eigenvalue weighted by Gasteiger charge is 2.50. The third kappa shape index (κ3) is 5.21. The highest BCUT2D eigenvalue weighted by molar-refractivity contribution is 6.30. The molecule has 2 aliphatic heterocycles. The molecule has 1 aliphatic carbocycles. The zero-order chi connectivity index (χ0) is 23.3. The van der Waals surface area contributed by atoms with E-state index in [2.05, 4.69) is 10.3 Å². The minimum absolute atomic E-state index is 0.00680. The molecule has 178 valence electrons. The Hall–Kier alpha value is -2.09. The van der Waals surface area contributed by atoms with Crippen LogP contribution in [0.2, 0.25) is 5.31 Å². The average Bonchev–Trinajstić information content (AvgIpc) is 2.82. The van der Waals surface area contributed by atoms with Gasteiger partial charge in [-0.3, -0.25) is 4.79 Å². The van der Waals surface area contributed by atoms with Gasteiger partial charge >= 0.3 is 0 Å². The summed E-state index contributed by atoms with van der Waals surface area (Å²) < 4.78 is 26.0. The second-order valence-electron chi connectivity index (χ2n) is 9.80. The van der Waals surface area contributed by atoms with Gasteiger partial charge in [0.15, 0.2) is 0 Å². The van der Waals surface area contributed by atoms with Crippen LogP contribution in [-0.4, -0.2) is 45.8 Å². The third-order valence-electron chi connectivity index (χ3n) is 7.51. The first-order valence-electron chi connectivity index (χ1n) is 12.3. The number of hydrogen-bond donors (Lipinski definition) is 2. The van der Waals surface area contributed by atoms with Crippen molar-refractivity contribution in [2.45, 2.75) is 81.2 Å². The summed E-state index contributed by atoms with van der Waals surface area (Å²) in [4.78, 5) is 17.7. The topological polar surface area (TPSA) is 85.9 Å². The molecule has 1 saturated heterocycles. The lowest BCUT2D eigenvalue weighted by atomic mass is 9.61. The highest BCUT2D eigenvalue weighted by atomic mass is 19.1.